The Labute approximate surface area is 168 Å². The minimum atomic E-state index is -4.96. The number of fused-ring (bicyclic) bond motifs is 2. The van der Waals surface area contributed by atoms with Gasteiger partial charge in [-0.25, -0.2) is 12.7 Å². The second-order valence-corrected chi connectivity index (χ2v) is 7.80. The van der Waals surface area contributed by atoms with E-state index in [1.807, 2.05) is 0 Å². The van der Waals surface area contributed by atoms with Gasteiger partial charge in [-0.15, -0.1) is 0 Å². The Bertz CT molecular complexity index is 721. The zero-order chi connectivity index (χ0) is 19.6. The standard InChI is InChI=1S/C9H12F3N3O4S.Na.H2O4S/c10-9(11,12)4-20(18,19)15(5-16)7-2-1-6-3-14(7)8(17)13-6;;1-5(2,3)4/h5-7H,1-4H2,(H,13,17);;(H2,1,2,3,4)/q;+1;/p-1/t6-,7+;;/m1../s1. The van der Waals surface area contributed by atoms with Crippen LogP contribution in [0.4, 0.5) is 18.0 Å². The summed E-state index contributed by atoms with van der Waals surface area (Å²) in [6.07, 6.45) is -5.95. The normalized spacial score (nSPS) is 22.5. The molecule has 3 amide bonds. The Kier molecular flexibility index (Phi) is 8.80. The van der Waals surface area contributed by atoms with Crippen molar-refractivity contribution in [1.29, 1.82) is 0 Å². The van der Waals surface area contributed by atoms with Gasteiger partial charge in [0.1, 0.15) is 0 Å². The molecule has 0 saturated carbocycles. The Morgan fingerprint density at radius 1 is 1.23 bits per heavy atom. The fourth-order valence-corrected chi connectivity index (χ4v) is 3.63. The average molecular weight is 435 g/mol. The van der Waals surface area contributed by atoms with Crippen LogP contribution in [0.1, 0.15) is 12.8 Å². The van der Waals surface area contributed by atoms with Crippen LogP contribution in [0.2, 0.25) is 0 Å². The van der Waals surface area contributed by atoms with Crippen LogP contribution in [0.3, 0.4) is 0 Å². The molecule has 2 heterocycles. The first-order chi connectivity index (χ1) is 11.1. The largest absolute Gasteiger partial charge is 1.00 e. The number of piperidine rings is 1. The van der Waals surface area contributed by atoms with Crippen LogP contribution in [0.5, 0.6) is 0 Å². The molecule has 0 aliphatic carbocycles. The zero-order valence-electron chi connectivity index (χ0n) is 13.2. The van der Waals surface area contributed by atoms with Gasteiger partial charge >= 0.3 is 46.1 Å². The maximum atomic E-state index is 12.3. The summed E-state index contributed by atoms with van der Waals surface area (Å²) in [5, 5.41) is 3.70. The quantitative estimate of drug-likeness (QED) is 0.268. The predicted octanol–water partition coefficient (Wildman–Crippen LogP) is -3.01. The van der Waals surface area contributed by atoms with E-state index in [0.29, 0.717) is 6.42 Å². The van der Waals surface area contributed by atoms with Crippen molar-refractivity contribution in [3.63, 3.8) is 0 Å². The van der Waals surface area contributed by atoms with Gasteiger partial charge in [0.25, 0.3) is 0 Å². The number of carbonyl (C=O) groups excluding carboxylic acids is 2. The van der Waals surface area contributed by atoms with Gasteiger partial charge < -0.3 is 10.2 Å². The molecule has 17 heteroatoms. The van der Waals surface area contributed by atoms with Gasteiger partial charge in [0.05, 0.1) is 6.17 Å². The van der Waals surface area contributed by atoms with Crippen LogP contribution in [0, 0.1) is 0 Å². The van der Waals surface area contributed by atoms with E-state index < -0.39 is 44.5 Å². The first kappa shape index (κ1) is 25.4. The van der Waals surface area contributed by atoms with Gasteiger partial charge in [-0.1, -0.05) is 0 Å². The van der Waals surface area contributed by atoms with Gasteiger partial charge in [-0.05, 0) is 25.4 Å². The molecule has 2 aliphatic rings. The Balaban J connectivity index is 0.000000923. The second kappa shape index (κ2) is 9.03. The summed E-state index contributed by atoms with van der Waals surface area (Å²) in [6.45, 7) is 0.120. The number of nitrogens with zero attached hydrogens (tertiary/aromatic N) is 3. The molecule has 0 aromatic rings. The molecule has 0 aromatic heterocycles. The number of urea groups is 1. The summed E-state index contributed by atoms with van der Waals surface area (Å²) in [7, 11) is -9.54. The zero-order valence-corrected chi connectivity index (χ0v) is 16.8. The number of carbonyl (C=O) groups is 2. The van der Waals surface area contributed by atoms with Crippen LogP contribution >= 0.6 is 0 Å². The number of sulfonamides is 1. The van der Waals surface area contributed by atoms with Crippen LogP contribution in [-0.4, -0.2) is 78.3 Å². The molecule has 0 radical (unpaired) electrons. The summed E-state index contributed by atoms with van der Waals surface area (Å²) < 4.78 is 91.8. The van der Waals surface area contributed by atoms with Crippen molar-refractivity contribution in [3.8, 4) is 0 Å². The van der Waals surface area contributed by atoms with Gasteiger partial charge in [0, 0.05) is 0 Å². The fourth-order valence-electron chi connectivity index (χ4n) is 2.35. The number of hydrogen-bond donors (Lipinski definition) is 2. The molecule has 26 heavy (non-hydrogen) atoms. The molecule has 2 saturated heterocycles. The van der Waals surface area contributed by atoms with Crippen molar-refractivity contribution < 1.29 is 78.3 Å². The Morgan fingerprint density at radius 2 is 1.73 bits per heavy atom. The van der Waals surface area contributed by atoms with E-state index in [1.165, 1.54) is 0 Å². The van der Waals surface area contributed by atoms with E-state index in [0.717, 1.165) is 4.90 Å². The molecule has 0 aromatic carbocycles. The summed E-state index contributed by atoms with van der Waals surface area (Å²) in [6, 6.07) is -0.982. The molecule has 2 atom stereocenters. The molecular formula is C9H13F3N3NaO8S2. The van der Waals surface area contributed by atoms with Crippen molar-refractivity contribution in [3.05, 3.63) is 5.32 Å². The van der Waals surface area contributed by atoms with Crippen molar-refractivity contribution >= 4 is 32.9 Å². The number of hydrogen-bond acceptors (Lipinski definition) is 6. The van der Waals surface area contributed by atoms with E-state index in [4.69, 9.17) is 17.5 Å². The summed E-state index contributed by atoms with van der Waals surface area (Å²) in [5.74, 6) is -2.14. The topological polar surface area (TPSA) is 163 Å². The third-order valence-corrected chi connectivity index (χ3v) is 4.79. The summed E-state index contributed by atoms with van der Waals surface area (Å²) >= 11 is 0. The van der Waals surface area contributed by atoms with Crippen LogP contribution in [0.25, 0.3) is 5.32 Å². The smallest absolute Gasteiger partial charge is 0.427 e. The first-order valence-electron chi connectivity index (χ1n) is 6.38. The van der Waals surface area contributed by atoms with Crippen molar-refractivity contribution in [2.24, 2.45) is 0 Å². The minimum Gasteiger partial charge on any atom is -0.427 e. The summed E-state index contributed by atoms with van der Waals surface area (Å²) in [5.41, 5.74) is 0. The monoisotopic (exact) mass is 435 g/mol. The molecule has 2 N–H and O–H groups in total. The number of alkyl halides is 3. The van der Waals surface area contributed by atoms with E-state index >= 15 is 0 Å². The number of amides is 3. The van der Waals surface area contributed by atoms with Crippen molar-refractivity contribution in [1.82, 2.24) is 9.21 Å². The SMILES string of the molecule is O=CN([C@H]1CC[C@@H]2CN1C(=O)[N-]2)S(=O)(=O)CC(F)(F)F.O=S(=O)(O)O.[Na+]. The van der Waals surface area contributed by atoms with Gasteiger partial charge in [0.15, 0.2) is 11.8 Å². The minimum absolute atomic E-state index is 0. The maximum Gasteiger partial charge on any atom is 1.00 e. The van der Waals surface area contributed by atoms with Crippen LogP contribution in [0.15, 0.2) is 0 Å². The van der Waals surface area contributed by atoms with Crippen molar-refractivity contribution in [2.75, 3.05) is 12.3 Å². The molecule has 0 unspecified atom stereocenters. The van der Waals surface area contributed by atoms with E-state index in [9.17, 15) is 31.2 Å². The Hall–Kier alpha value is -0.650. The van der Waals surface area contributed by atoms with E-state index in [-0.39, 0.29) is 59.3 Å². The molecule has 146 valence electrons. The van der Waals surface area contributed by atoms with Gasteiger partial charge in [-0.2, -0.15) is 21.6 Å². The predicted molar refractivity (Wildman–Crippen MR) is 74.2 cm³/mol. The molecule has 2 rings (SSSR count). The fraction of sp³-hybridized carbons (Fsp3) is 0.778. The molecule has 2 aliphatic heterocycles. The van der Waals surface area contributed by atoms with Crippen molar-refractivity contribution in [2.45, 2.75) is 31.2 Å². The third kappa shape index (κ3) is 7.93. The molecule has 0 spiro atoms. The molecular weight excluding hydrogens is 422 g/mol. The van der Waals surface area contributed by atoms with Crippen LogP contribution < -0.4 is 29.6 Å². The number of halogens is 3. The number of rotatable bonds is 4. The average Bonchev–Trinajstić information content (AvgIpc) is 2.63. The second-order valence-electron chi connectivity index (χ2n) is 5.03. The van der Waals surface area contributed by atoms with Gasteiger partial charge in [-0.3, -0.25) is 18.7 Å². The van der Waals surface area contributed by atoms with E-state index in [1.54, 1.807) is 0 Å². The molecule has 2 fully saturated rings. The van der Waals surface area contributed by atoms with Crippen LogP contribution in [-0.2, 0) is 25.2 Å². The van der Waals surface area contributed by atoms with E-state index in [2.05, 4.69) is 5.32 Å². The third-order valence-electron chi connectivity index (χ3n) is 3.13. The first-order valence-corrected chi connectivity index (χ1v) is 9.39. The summed E-state index contributed by atoms with van der Waals surface area (Å²) in [4.78, 5) is 23.4. The molecule has 11 nitrogen and oxygen atoms in total. The molecule has 2 bridgehead atoms. The maximum absolute atomic E-state index is 12.3. The Morgan fingerprint density at radius 3 is 2.15 bits per heavy atom. The van der Waals surface area contributed by atoms with Gasteiger partial charge in [0.2, 0.25) is 16.4 Å².